The smallest absolute Gasteiger partial charge is 0.305 e. The molecule has 72 heavy (non-hydrogen) atoms. The number of amides is 1. The summed E-state index contributed by atoms with van der Waals surface area (Å²) in [7, 11) is 0. The summed E-state index contributed by atoms with van der Waals surface area (Å²) in [5.74, 6) is -0.0621. The number of rotatable bonds is 61. The number of aliphatic hydroxyl groups is 2. The Morgan fingerprint density at radius 2 is 0.653 bits per heavy atom. The zero-order valence-corrected chi connectivity index (χ0v) is 48.7. The van der Waals surface area contributed by atoms with Gasteiger partial charge in [-0.3, -0.25) is 9.59 Å². The monoisotopic (exact) mass is 1010 g/mol. The molecule has 3 N–H and O–H groups in total. The lowest BCUT2D eigenvalue weighted by molar-refractivity contribution is -0.143. The van der Waals surface area contributed by atoms with Gasteiger partial charge in [0.05, 0.1) is 25.4 Å². The van der Waals surface area contributed by atoms with Crippen molar-refractivity contribution in [1.82, 2.24) is 5.32 Å². The minimum absolute atomic E-state index is 0.0104. The first kappa shape index (κ1) is 70.3. The van der Waals surface area contributed by atoms with Gasteiger partial charge in [-0.25, -0.2) is 0 Å². The van der Waals surface area contributed by atoms with Gasteiger partial charge in [-0.1, -0.05) is 314 Å². The molecule has 0 aliphatic rings. The van der Waals surface area contributed by atoms with Crippen molar-refractivity contribution < 1.29 is 24.5 Å². The zero-order valence-electron chi connectivity index (χ0n) is 48.7. The van der Waals surface area contributed by atoms with Gasteiger partial charge in [0.1, 0.15) is 0 Å². The lowest BCUT2D eigenvalue weighted by Gasteiger charge is -2.20. The summed E-state index contributed by atoms with van der Waals surface area (Å²) in [6, 6.07) is -0.634. The van der Waals surface area contributed by atoms with E-state index in [0.717, 1.165) is 44.9 Å². The molecule has 0 aliphatic heterocycles. The number of unbranched alkanes of at least 4 members (excludes halogenated alkanes) is 48. The van der Waals surface area contributed by atoms with Gasteiger partial charge in [0.25, 0.3) is 0 Å². The van der Waals surface area contributed by atoms with Crippen molar-refractivity contribution in [2.24, 2.45) is 0 Å². The van der Waals surface area contributed by atoms with Crippen molar-refractivity contribution in [3.8, 4) is 0 Å². The first-order valence-corrected chi connectivity index (χ1v) is 32.6. The summed E-state index contributed by atoms with van der Waals surface area (Å²) in [5.41, 5.74) is 0. The summed E-state index contributed by atoms with van der Waals surface area (Å²) in [6.45, 7) is 4.93. The number of hydrogen-bond acceptors (Lipinski definition) is 5. The number of esters is 1. The van der Waals surface area contributed by atoms with Crippen molar-refractivity contribution in [3.63, 3.8) is 0 Å². The van der Waals surface area contributed by atoms with Crippen LogP contribution in [0.3, 0.4) is 0 Å². The van der Waals surface area contributed by atoms with E-state index in [9.17, 15) is 19.8 Å². The maximum atomic E-state index is 12.5. The maximum absolute atomic E-state index is 12.5. The Bertz CT molecular complexity index is 1120. The molecule has 0 rings (SSSR count). The lowest BCUT2D eigenvalue weighted by atomic mass is 10.0. The standard InChI is InChI=1S/C66H127NO5/c1-3-5-7-9-11-13-15-17-19-20-21-25-28-31-34-38-42-46-50-54-58-64(69)63(62-68)67-65(70)59-55-51-47-43-39-35-32-29-26-23-22-24-27-30-33-37-41-45-49-53-57-61-72-66(71)60-56-52-48-44-40-36-18-16-14-12-10-8-6-4-2/h23,26,54,58,63-64,68-69H,3-22,24-25,27-53,55-57,59-62H2,1-2H3,(H,67,70)/b26-23-,58-54+. The summed E-state index contributed by atoms with van der Waals surface area (Å²) in [5, 5.41) is 23.2. The Balaban J connectivity index is 3.45. The Labute approximate surface area is 450 Å². The Morgan fingerprint density at radius 1 is 0.375 bits per heavy atom. The zero-order chi connectivity index (χ0) is 52.2. The second kappa shape index (κ2) is 61.9. The maximum Gasteiger partial charge on any atom is 0.305 e. The molecule has 6 heteroatoms. The fraction of sp³-hybridized carbons (Fsp3) is 0.909. The van der Waals surface area contributed by atoms with E-state index in [2.05, 4.69) is 31.3 Å². The number of carbonyl (C=O) groups excluding carboxylic acids is 2. The normalized spacial score (nSPS) is 12.7. The molecule has 0 spiro atoms. The highest BCUT2D eigenvalue weighted by molar-refractivity contribution is 5.76. The van der Waals surface area contributed by atoms with Gasteiger partial charge in [-0.15, -0.1) is 0 Å². The first-order chi connectivity index (χ1) is 35.5. The fourth-order valence-electron chi connectivity index (χ4n) is 10.2. The highest BCUT2D eigenvalue weighted by Crippen LogP contribution is 2.18. The SMILES string of the molecule is CCCCCCCCCCCCCCCCCCCC/C=C/C(O)C(CO)NC(=O)CCCCCCCCC/C=C\CCCCCCCCCCCCOC(=O)CCCCCCCCCCCCCCCC. The molecule has 0 fully saturated rings. The fourth-order valence-corrected chi connectivity index (χ4v) is 10.2. The number of ether oxygens (including phenoxy) is 1. The second-order valence-electron chi connectivity index (χ2n) is 22.5. The van der Waals surface area contributed by atoms with Crippen LogP contribution >= 0.6 is 0 Å². The van der Waals surface area contributed by atoms with E-state index >= 15 is 0 Å². The van der Waals surface area contributed by atoms with Crippen LogP contribution < -0.4 is 5.32 Å². The van der Waals surface area contributed by atoms with Crippen LogP contribution in [0.4, 0.5) is 0 Å². The Morgan fingerprint density at radius 3 is 0.986 bits per heavy atom. The summed E-state index contributed by atoms with van der Waals surface area (Å²) >= 11 is 0. The number of hydrogen-bond donors (Lipinski definition) is 3. The molecule has 2 unspecified atom stereocenters. The molecule has 426 valence electrons. The molecule has 2 atom stereocenters. The van der Waals surface area contributed by atoms with Crippen molar-refractivity contribution in [2.75, 3.05) is 13.2 Å². The molecule has 0 saturated heterocycles. The van der Waals surface area contributed by atoms with Crippen LogP contribution in [0, 0.1) is 0 Å². The van der Waals surface area contributed by atoms with Crippen LogP contribution in [-0.2, 0) is 14.3 Å². The molecule has 0 radical (unpaired) electrons. The molecule has 1 amide bonds. The molecule has 6 nitrogen and oxygen atoms in total. The van der Waals surface area contributed by atoms with E-state index in [1.807, 2.05) is 6.08 Å². The minimum Gasteiger partial charge on any atom is -0.466 e. The van der Waals surface area contributed by atoms with E-state index in [4.69, 9.17) is 4.74 Å². The second-order valence-corrected chi connectivity index (χ2v) is 22.5. The summed E-state index contributed by atoms with van der Waals surface area (Å²) in [4.78, 5) is 24.6. The van der Waals surface area contributed by atoms with Gasteiger partial charge in [-0.2, -0.15) is 0 Å². The van der Waals surface area contributed by atoms with Crippen LogP contribution in [-0.4, -0.2) is 47.4 Å². The topological polar surface area (TPSA) is 95.9 Å². The highest BCUT2D eigenvalue weighted by atomic mass is 16.5. The van der Waals surface area contributed by atoms with Crippen molar-refractivity contribution in [2.45, 2.75) is 373 Å². The van der Waals surface area contributed by atoms with Crippen LogP contribution in [0.1, 0.15) is 361 Å². The van der Waals surface area contributed by atoms with Crippen molar-refractivity contribution >= 4 is 11.9 Å². The summed E-state index contributed by atoms with van der Waals surface area (Å²) < 4.78 is 5.48. The molecule has 0 aliphatic carbocycles. The third-order valence-corrected chi connectivity index (χ3v) is 15.2. The van der Waals surface area contributed by atoms with Gasteiger partial charge in [0.15, 0.2) is 0 Å². The van der Waals surface area contributed by atoms with Gasteiger partial charge in [0, 0.05) is 12.8 Å². The molecular weight excluding hydrogens is 887 g/mol. The van der Waals surface area contributed by atoms with Gasteiger partial charge in [0.2, 0.25) is 5.91 Å². The molecule has 0 bridgehead atoms. The van der Waals surface area contributed by atoms with Gasteiger partial charge in [-0.05, 0) is 57.8 Å². The Hall–Kier alpha value is -1.66. The summed E-state index contributed by atoms with van der Waals surface area (Å²) in [6.07, 6.45) is 76.5. The van der Waals surface area contributed by atoms with Crippen LogP contribution in [0.15, 0.2) is 24.3 Å². The van der Waals surface area contributed by atoms with E-state index in [1.54, 1.807) is 6.08 Å². The number of allylic oxidation sites excluding steroid dienone is 3. The quantitative estimate of drug-likeness (QED) is 0.0320. The van der Waals surface area contributed by atoms with E-state index in [1.165, 1.54) is 289 Å². The molecule has 0 heterocycles. The first-order valence-electron chi connectivity index (χ1n) is 32.6. The predicted molar refractivity (Wildman–Crippen MR) is 315 cm³/mol. The van der Waals surface area contributed by atoms with Crippen LogP contribution in [0.5, 0.6) is 0 Å². The van der Waals surface area contributed by atoms with E-state index < -0.39 is 12.1 Å². The van der Waals surface area contributed by atoms with Gasteiger partial charge < -0.3 is 20.3 Å². The number of aliphatic hydroxyl groups excluding tert-OH is 2. The average Bonchev–Trinajstić information content (AvgIpc) is 3.38. The highest BCUT2D eigenvalue weighted by Gasteiger charge is 2.18. The predicted octanol–water partition coefficient (Wildman–Crippen LogP) is 20.6. The molecule has 0 saturated carbocycles. The molecular formula is C66H127NO5. The lowest BCUT2D eigenvalue weighted by Crippen LogP contribution is -2.45. The largest absolute Gasteiger partial charge is 0.466 e. The van der Waals surface area contributed by atoms with E-state index in [-0.39, 0.29) is 18.5 Å². The number of carbonyl (C=O) groups is 2. The average molecular weight is 1010 g/mol. The van der Waals surface area contributed by atoms with E-state index in [0.29, 0.717) is 19.4 Å². The van der Waals surface area contributed by atoms with Crippen molar-refractivity contribution in [3.05, 3.63) is 24.3 Å². The molecule has 0 aromatic heterocycles. The third-order valence-electron chi connectivity index (χ3n) is 15.2. The molecule has 0 aromatic rings. The van der Waals surface area contributed by atoms with Crippen LogP contribution in [0.2, 0.25) is 0 Å². The molecule has 0 aromatic carbocycles. The van der Waals surface area contributed by atoms with Gasteiger partial charge >= 0.3 is 5.97 Å². The third kappa shape index (κ3) is 57.6. The minimum atomic E-state index is -0.850. The van der Waals surface area contributed by atoms with Crippen molar-refractivity contribution in [1.29, 1.82) is 0 Å². The Kier molecular flexibility index (Phi) is 60.5. The number of nitrogens with one attached hydrogen (secondary N) is 1. The van der Waals surface area contributed by atoms with Crippen LogP contribution in [0.25, 0.3) is 0 Å².